The summed E-state index contributed by atoms with van der Waals surface area (Å²) in [5.41, 5.74) is 6.12. The zero-order valence-corrected chi connectivity index (χ0v) is 15.1. The number of aromatic nitrogens is 2. The van der Waals surface area contributed by atoms with Gasteiger partial charge in [-0.1, -0.05) is 0 Å². The Morgan fingerprint density at radius 2 is 1.86 bits per heavy atom. The standard InChI is InChI=1S/C19H20F2N6O/c20-14-9-13(10-15(21)11-14)16-1-6-24-27(16)18(28)12-3-7-26(8-4-12)19-23-5-2-17(22)25-19/h2,5-6,9-12,16H,1,3-4,7-8H2,(H2,22,23,25)/t16-/m0/s1. The number of hydrogen-bond acceptors (Lipinski definition) is 6. The third kappa shape index (κ3) is 3.64. The number of hydrazone groups is 1. The van der Waals surface area contributed by atoms with E-state index < -0.39 is 17.7 Å². The van der Waals surface area contributed by atoms with Gasteiger partial charge in [-0.25, -0.2) is 18.8 Å². The fraction of sp³-hybridized carbons (Fsp3) is 0.368. The van der Waals surface area contributed by atoms with E-state index in [0.717, 1.165) is 6.07 Å². The van der Waals surface area contributed by atoms with Crippen LogP contribution in [0.2, 0.25) is 0 Å². The smallest absolute Gasteiger partial charge is 0.246 e. The van der Waals surface area contributed by atoms with Crippen molar-refractivity contribution >= 4 is 23.9 Å². The molecule has 1 atom stereocenters. The second kappa shape index (κ2) is 7.49. The first-order valence-electron chi connectivity index (χ1n) is 9.16. The molecular weight excluding hydrogens is 366 g/mol. The van der Waals surface area contributed by atoms with Crippen LogP contribution >= 0.6 is 0 Å². The summed E-state index contributed by atoms with van der Waals surface area (Å²) in [5.74, 6) is -0.711. The summed E-state index contributed by atoms with van der Waals surface area (Å²) >= 11 is 0. The molecule has 0 saturated carbocycles. The van der Waals surface area contributed by atoms with Crippen LogP contribution in [0.3, 0.4) is 0 Å². The Morgan fingerprint density at radius 1 is 1.14 bits per heavy atom. The first kappa shape index (κ1) is 18.3. The number of rotatable bonds is 3. The van der Waals surface area contributed by atoms with Crippen LogP contribution in [-0.2, 0) is 4.79 Å². The van der Waals surface area contributed by atoms with Gasteiger partial charge in [0.25, 0.3) is 0 Å². The molecule has 1 fully saturated rings. The highest BCUT2D eigenvalue weighted by Crippen LogP contribution is 2.32. The van der Waals surface area contributed by atoms with Crippen LogP contribution in [-0.4, -0.2) is 40.2 Å². The van der Waals surface area contributed by atoms with Gasteiger partial charge in [-0.3, -0.25) is 4.79 Å². The van der Waals surface area contributed by atoms with Gasteiger partial charge in [-0.15, -0.1) is 0 Å². The predicted molar refractivity (Wildman–Crippen MR) is 100 cm³/mol. The fourth-order valence-corrected chi connectivity index (χ4v) is 3.70. The highest BCUT2D eigenvalue weighted by atomic mass is 19.1. The lowest BCUT2D eigenvalue weighted by Crippen LogP contribution is -2.41. The number of halogens is 2. The quantitative estimate of drug-likeness (QED) is 0.876. The van der Waals surface area contributed by atoms with E-state index in [1.165, 1.54) is 17.1 Å². The molecule has 1 amide bonds. The van der Waals surface area contributed by atoms with Gasteiger partial charge in [0.2, 0.25) is 11.9 Å². The Morgan fingerprint density at radius 3 is 2.54 bits per heavy atom. The number of anilines is 2. The first-order valence-corrected chi connectivity index (χ1v) is 9.16. The maximum absolute atomic E-state index is 13.6. The van der Waals surface area contributed by atoms with E-state index in [-0.39, 0.29) is 11.8 Å². The van der Waals surface area contributed by atoms with Crippen LogP contribution in [0.15, 0.2) is 35.6 Å². The van der Waals surface area contributed by atoms with Gasteiger partial charge in [0.05, 0.1) is 6.04 Å². The molecule has 0 bridgehead atoms. The third-order valence-corrected chi connectivity index (χ3v) is 5.12. The van der Waals surface area contributed by atoms with E-state index in [1.807, 2.05) is 4.90 Å². The highest BCUT2D eigenvalue weighted by Gasteiger charge is 2.35. The number of nitrogens with zero attached hydrogens (tertiary/aromatic N) is 5. The molecule has 1 saturated heterocycles. The first-order chi connectivity index (χ1) is 13.5. The zero-order valence-electron chi connectivity index (χ0n) is 15.1. The Labute approximate surface area is 160 Å². The molecule has 3 heterocycles. The Kier molecular flexibility index (Phi) is 4.89. The summed E-state index contributed by atoms with van der Waals surface area (Å²) in [6.07, 6.45) is 4.89. The molecule has 28 heavy (non-hydrogen) atoms. The average molecular weight is 386 g/mol. The Balaban J connectivity index is 1.44. The summed E-state index contributed by atoms with van der Waals surface area (Å²) < 4.78 is 27.2. The zero-order chi connectivity index (χ0) is 19.7. The summed E-state index contributed by atoms with van der Waals surface area (Å²) in [6, 6.07) is 4.47. The number of nitrogens with two attached hydrogens (primary N) is 1. The Bertz CT molecular complexity index is 893. The van der Waals surface area contributed by atoms with Gasteiger partial charge >= 0.3 is 0 Å². The molecule has 4 rings (SSSR count). The molecule has 146 valence electrons. The van der Waals surface area contributed by atoms with Crippen LogP contribution in [0.4, 0.5) is 20.5 Å². The van der Waals surface area contributed by atoms with Crippen molar-refractivity contribution in [1.82, 2.24) is 15.0 Å². The van der Waals surface area contributed by atoms with Gasteiger partial charge in [0.1, 0.15) is 17.5 Å². The summed E-state index contributed by atoms with van der Waals surface area (Å²) in [6.45, 7) is 1.24. The maximum Gasteiger partial charge on any atom is 0.246 e. The number of carbonyl (C=O) groups is 1. The van der Waals surface area contributed by atoms with E-state index in [4.69, 9.17) is 5.73 Å². The second-order valence-corrected chi connectivity index (χ2v) is 6.98. The number of benzene rings is 1. The van der Waals surface area contributed by atoms with Crippen molar-refractivity contribution < 1.29 is 13.6 Å². The lowest BCUT2D eigenvalue weighted by Gasteiger charge is -2.33. The van der Waals surface area contributed by atoms with Crippen LogP contribution in [0, 0.1) is 17.6 Å². The van der Waals surface area contributed by atoms with Crippen LogP contribution in [0.5, 0.6) is 0 Å². The molecule has 2 aliphatic rings. The fourth-order valence-electron chi connectivity index (χ4n) is 3.70. The summed E-state index contributed by atoms with van der Waals surface area (Å²) in [7, 11) is 0. The molecule has 1 aromatic heterocycles. The molecule has 2 aromatic rings. The third-order valence-electron chi connectivity index (χ3n) is 5.12. The molecule has 2 N–H and O–H groups in total. The average Bonchev–Trinajstić information content (AvgIpc) is 3.17. The van der Waals surface area contributed by atoms with Gasteiger partial charge in [0.15, 0.2) is 0 Å². The van der Waals surface area contributed by atoms with E-state index in [9.17, 15) is 13.6 Å². The monoisotopic (exact) mass is 386 g/mol. The normalized spacial score (nSPS) is 20.0. The number of nitrogen functional groups attached to an aromatic ring is 1. The number of amides is 1. The van der Waals surface area contributed by atoms with E-state index in [1.54, 1.807) is 18.5 Å². The number of piperidine rings is 1. The molecule has 0 unspecified atom stereocenters. The lowest BCUT2D eigenvalue weighted by atomic mass is 9.94. The molecule has 9 heteroatoms. The van der Waals surface area contributed by atoms with Gasteiger partial charge < -0.3 is 10.6 Å². The van der Waals surface area contributed by atoms with Gasteiger partial charge in [-0.2, -0.15) is 10.1 Å². The van der Waals surface area contributed by atoms with Crippen LogP contribution in [0.25, 0.3) is 0 Å². The molecule has 0 spiro atoms. The minimum Gasteiger partial charge on any atom is -0.384 e. The Hall–Kier alpha value is -3.10. The van der Waals surface area contributed by atoms with Crippen LogP contribution in [0.1, 0.15) is 30.9 Å². The van der Waals surface area contributed by atoms with Crippen molar-refractivity contribution in [2.45, 2.75) is 25.3 Å². The van der Waals surface area contributed by atoms with Crippen molar-refractivity contribution in [2.24, 2.45) is 11.0 Å². The number of carbonyl (C=O) groups excluding carboxylic acids is 1. The molecule has 0 radical (unpaired) electrons. The van der Waals surface area contributed by atoms with E-state index >= 15 is 0 Å². The lowest BCUT2D eigenvalue weighted by molar-refractivity contribution is -0.138. The van der Waals surface area contributed by atoms with E-state index in [0.29, 0.717) is 49.7 Å². The molecule has 7 nitrogen and oxygen atoms in total. The summed E-state index contributed by atoms with van der Waals surface area (Å²) in [5, 5.41) is 5.54. The summed E-state index contributed by atoms with van der Waals surface area (Å²) in [4.78, 5) is 23.4. The minimum atomic E-state index is -0.662. The van der Waals surface area contributed by atoms with Crippen molar-refractivity contribution in [3.63, 3.8) is 0 Å². The molecular formula is C19H20F2N6O. The van der Waals surface area contributed by atoms with Gasteiger partial charge in [-0.05, 0) is 36.6 Å². The topological polar surface area (TPSA) is 87.7 Å². The van der Waals surface area contributed by atoms with Crippen molar-refractivity contribution in [1.29, 1.82) is 0 Å². The van der Waals surface area contributed by atoms with Crippen molar-refractivity contribution in [2.75, 3.05) is 23.7 Å². The van der Waals surface area contributed by atoms with Gasteiger partial charge in [0, 0.05) is 43.9 Å². The minimum absolute atomic E-state index is 0.128. The highest BCUT2D eigenvalue weighted by molar-refractivity contribution is 5.82. The molecule has 2 aliphatic heterocycles. The largest absolute Gasteiger partial charge is 0.384 e. The predicted octanol–water partition coefficient (Wildman–Crippen LogP) is 2.51. The van der Waals surface area contributed by atoms with E-state index in [2.05, 4.69) is 15.1 Å². The maximum atomic E-state index is 13.6. The van der Waals surface area contributed by atoms with Crippen molar-refractivity contribution in [3.8, 4) is 0 Å². The number of hydrogen-bond donors (Lipinski definition) is 1. The SMILES string of the molecule is Nc1ccnc(N2CCC(C(=O)N3N=CC[C@H]3c3cc(F)cc(F)c3)CC2)n1. The van der Waals surface area contributed by atoms with Crippen molar-refractivity contribution in [3.05, 3.63) is 47.7 Å². The second-order valence-electron chi connectivity index (χ2n) is 6.98. The molecule has 1 aromatic carbocycles. The van der Waals surface area contributed by atoms with Crippen LogP contribution < -0.4 is 10.6 Å². The molecule has 0 aliphatic carbocycles.